The van der Waals surface area contributed by atoms with E-state index in [1.807, 2.05) is 0 Å². The molecule has 0 aliphatic carbocycles. The summed E-state index contributed by atoms with van der Waals surface area (Å²) in [6, 6.07) is 1.77. The van der Waals surface area contributed by atoms with Gasteiger partial charge in [0, 0.05) is 18.6 Å². The first-order valence-electron chi connectivity index (χ1n) is 4.66. The Balaban J connectivity index is 2.17. The van der Waals surface area contributed by atoms with E-state index in [2.05, 4.69) is 19.8 Å². The molecule has 2 heterocycles. The van der Waals surface area contributed by atoms with Gasteiger partial charge in [-0.25, -0.2) is 0 Å². The average molecular weight is 218 g/mol. The van der Waals surface area contributed by atoms with Gasteiger partial charge in [0.05, 0.1) is 13.3 Å². The molecule has 82 valence electrons. The molecule has 0 fully saturated rings. The number of rotatable bonds is 3. The van der Waals surface area contributed by atoms with E-state index >= 15 is 0 Å². The second-order valence-corrected chi connectivity index (χ2v) is 3.07. The largest absolute Gasteiger partial charge is 0.468 e. The number of methoxy groups -OCH3 is 1. The molecule has 0 saturated heterocycles. The Morgan fingerprint density at radius 2 is 2.31 bits per heavy atom. The summed E-state index contributed by atoms with van der Waals surface area (Å²) < 4.78 is 6.04. The summed E-state index contributed by atoms with van der Waals surface area (Å²) >= 11 is 0. The first kappa shape index (κ1) is 10.3. The Morgan fingerprint density at radius 1 is 1.44 bits per heavy atom. The van der Waals surface area contributed by atoms with Gasteiger partial charge in [0.15, 0.2) is 0 Å². The highest BCUT2D eigenvalue weighted by molar-refractivity contribution is 5.69. The smallest absolute Gasteiger partial charge is 0.327 e. The number of hydrogen-bond donors (Lipinski definition) is 0. The molecule has 6 nitrogen and oxygen atoms in total. The van der Waals surface area contributed by atoms with Crippen molar-refractivity contribution in [1.82, 2.24) is 19.7 Å². The molecule has 0 radical (unpaired) electrons. The molecule has 0 saturated carbocycles. The number of hydrogen-bond acceptors (Lipinski definition) is 5. The number of carbonyl (C=O) groups excluding carboxylic acids is 1. The van der Waals surface area contributed by atoms with Gasteiger partial charge in [-0.2, -0.15) is 5.10 Å². The van der Waals surface area contributed by atoms with Crippen molar-refractivity contribution >= 4 is 5.97 Å². The normalized spacial score (nSPS) is 10.1. The van der Waals surface area contributed by atoms with E-state index in [9.17, 15) is 4.79 Å². The van der Waals surface area contributed by atoms with Crippen molar-refractivity contribution in [2.24, 2.45) is 0 Å². The molecule has 2 aromatic rings. The first-order chi connectivity index (χ1) is 7.79. The maximum absolute atomic E-state index is 11.0. The lowest BCUT2D eigenvalue weighted by Gasteiger charge is -1.98. The van der Waals surface area contributed by atoms with Crippen molar-refractivity contribution in [1.29, 1.82) is 0 Å². The Hall–Kier alpha value is -2.24. The molecule has 0 spiro atoms. The van der Waals surface area contributed by atoms with Crippen LogP contribution < -0.4 is 0 Å². The second-order valence-electron chi connectivity index (χ2n) is 3.07. The zero-order valence-electron chi connectivity index (χ0n) is 8.70. The lowest BCUT2D eigenvalue weighted by Crippen LogP contribution is -2.11. The summed E-state index contributed by atoms with van der Waals surface area (Å²) in [5, 5.41) is 4.18. The maximum Gasteiger partial charge on any atom is 0.327 e. The zero-order valence-corrected chi connectivity index (χ0v) is 8.70. The molecule has 0 aromatic carbocycles. The summed E-state index contributed by atoms with van der Waals surface area (Å²) in [5.74, 6) is -0.339. The van der Waals surface area contributed by atoms with Gasteiger partial charge < -0.3 is 4.74 Å². The number of esters is 1. The minimum Gasteiger partial charge on any atom is -0.468 e. The molecular weight excluding hydrogens is 208 g/mol. The minimum absolute atomic E-state index is 0.0940. The van der Waals surface area contributed by atoms with Gasteiger partial charge >= 0.3 is 5.97 Å². The van der Waals surface area contributed by atoms with Crippen LogP contribution in [0.15, 0.2) is 30.9 Å². The van der Waals surface area contributed by atoms with Crippen LogP contribution in [0.5, 0.6) is 0 Å². The van der Waals surface area contributed by atoms with E-state index in [0.717, 1.165) is 0 Å². The summed E-state index contributed by atoms with van der Waals surface area (Å²) in [6.45, 7) is 0.0940. The quantitative estimate of drug-likeness (QED) is 0.702. The van der Waals surface area contributed by atoms with E-state index in [0.29, 0.717) is 11.4 Å². The highest BCUT2D eigenvalue weighted by Crippen LogP contribution is 2.11. The van der Waals surface area contributed by atoms with Gasteiger partial charge in [-0.05, 0) is 6.07 Å². The summed E-state index contributed by atoms with van der Waals surface area (Å²) in [6.07, 6.45) is 6.50. The van der Waals surface area contributed by atoms with E-state index in [1.165, 1.54) is 11.8 Å². The van der Waals surface area contributed by atoms with Crippen LogP contribution in [-0.2, 0) is 16.1 Å². The van der Waals surface area contributed by atoms with Crippen LogP contribution in [0.2, 0.25) is 0 Å². The van der Waals surface area contributed by atoms with Crippen molar-refractivity contribution < 1.29 is 9.53 Å². The number of nitrogens with zero attached hydrogens (tertiary/aromatic N) is 4. The lowest BCUT2D eigenvalue weighted by molar-refractivity contribution is -0.141. The van der Waals surface area contributed by atoms with Crippen LogP contribution in [0.3, 0.4) is 0 Å². The molecule has 6 heteroatoms. The van der Waals surface area contributed by atoms with Crippen LogP contribution in [0.4, 0.5) is 0 Å². The maximum atomic E-state index is 11.0. The third-order valence-corrected chi connectivity index (χ3v) is 1.99. The second kappa shape index (κ2) is 4.52. The van der Waals surface area contributed by atoms with Gasteiger partial charge in [-0.15, -0.1) is 0 Å². The molecule has 0 bridgehead atoms. The van der Waals surface area contributed by atoms with Gasteiger partial charge in [0.2, 0.25) is 0 Å². The van der Waals surface area contributed by atoms with E-state index in [4.69, 9.17) is 0 Å². The predicted molar refractivity (Wildman–Crippen MR) is 55.3 cm³/mol. The predicted octanol–water partition coefficient (Wildman–Crippen LogP) is 0.513. The molecule has 0 unspecified atom stereocenters. The topological polar surface area (TPSA) is 69.9 Å². The Labute approximate surface area is 91.9 Å². The van der Waals surface area contributed by atoms with Crippen LogP contribution in [-0.4, -0.2) is 32.8 Å². The van der Waals surface area contributed by atoms with Crippen LogP contribution in [0, 0.1) is 0 Å². The Kier molecular flexibility index (Phi) is 2.90. The molecule has 16 heavy (non-hydrogen) atoms. The van der Waals surface area contributed by atoms with Crippen molar-refractivity contribution in [3.05, 3.63) is 30.9 Å². The van der Waals surface area contributed by atoms with E-state index in [-0.39, 0.29) is 12.5 Å². The number of carbonyl (C=O) groups is 1. The summed E-state index contributed by atoms with van der Waals surface area (Å²) in [5.41, 5.74) is 1.35. The van der Waals surface area contributed by atoms with Crippen LogP contribution in [0.25, 0.3) is 11.4 Å². The fourth-order valence-electron chi connectivity index (χ4n) is 1.21. The molecular formula is C10H10N4O2. The van der Waals surface area contributed by atoms with Crippen LogP contribution >= 0.6 is 0 Å². The molecule has 0 aliphatic heterocycles. The van der Waals surface area contributed by atoms with Gasteiger partial charge in [-0.3, -0.25) is 19.4 Å². The average Bonchev–Trinajstić information content (AvgIpc) is 2.78. The highest BCUT2D eigenvalue weighted by atomic mass is 16.5. The molecule has 0 amide bonds. The van der Waals surface area contributed by atoms with Gasteiger partial charge in [0.25, 0.3) is 0 Å². The Bertz CT molecular complexity index is 481. The first-order valence-corrected chi connectivity index (χ1v) is 4.66. The molecule has 0 atom stereocenters. The molecule has 0 aliphatic rings. The third-order valence-electron chi connectivity index (χ3n) is 1.99. The fraction of sp³-hybridized carbons (Fsp3) is 0.200. The van der Waals surface area contributed by atoms with Crippen molar-refractivity contribution in [3.8, 4) is 11.4 Å². The summed E-state index contributed by atoms with van der Waals surface area (Å²) in [4.78, 5) is 19.1. The van der Waals surface area contributed by atoms with E-state index < -0.39 is 0 Å². The molecule has 2 rings (SSSR count). The van der Waals surface area contributed by atoms with Crippen LogP contribution in [0.1, 0.15) is 0 Å². The zero-order chi connectivity index (χ0) is 11.4. The highest BCUT2D eigenvalue weighted by Gasteiger charge is 2.06. The molecule has 0 N–H and O–H groups in total. The monoisotopic (exact) mass is 218 g/mol. The lowest BCUT2D eigenvalue weighted by atomic mass is 10.3. The third kappa shape index (κ3) is 2.22. The minimum atomic E-state index is -0.339. The molecule has 2 aromatic heterocycles. The van der Waals surface area contributed by atoms with Crippen molar-refractivity contribution in [3.63, 3.8) is 0 Å². The van der Waals surface area contributed by atoms with Gasteiger partial charge in [-0.1, -0.05) is 0 Å². The Morgan fingerprint density at radius 3 is 3.00 bits per heavy atom. The van der Waals surface area contributed by atoms with E-state index in [1.54, 1.807) is 30.9 Å². The number of aromatic nitrogens is 4. The summed E-state index contributed by atoms with van der Waals surface area (Å²) in [7, 11) is 1.34. The number of ether oxygens (including phenoxy) is 1. The van der Waals surface area contributed by atoms with Gasteiger partial charge in [0.1, 0.15) is 17.9 Å². The fourth-order valence-corrected chi connectivity index (χ4v) is 1.21. The standard InChI is InChI=1S/C10H10N4O2/c1-16-10(15)7-14-5-2-8(13-14)9-6-11-3-4-12-9/h2-6H,7H2,1H3. The van der Waals surface area contributed by atoms with Crippen molar-refractivity contribution in [2.75, 3.05) is 7.11 Å². The van der Waals surface area contributed by atoms with Crippen molar-refractivity contribution in [2.45, 2.75) is 6.54 Å². The SMILES string of the molecule is COC(=O)Cn1ccc(-c2cnccn2)n1.